The van der Waals surface area contributed by atoms with Crippen molar-refractivity contribution in [2.24, 2.45) is 0 Å². The number of rotatable bonds is 8. The molecule has 5 atom stereocenters. The van der Waals surface area contributed by atoms with Gasteiger partial charge in [0, 0.05) is 0 Å². The number of aliphatic carboxylic acids is 2. The molecule has 0 saturated carbocycles. The van der Waals surface area contributed by atoms with Crippen molar-refractivity contribution in [2.45, 2.75) is 49.2 Å². The Morgan fingerprint density at radius 3 is 2.00 bits per heavy atom. The summed E-state index contributed by atoms with van der Waals surface area (Å²) in [7, 11) is 0. The van der Waals surface area contributed by atoms with Crippen LogP contribution in [0.4, 0.5) is 4.39 Å². The van der Waals surface area contributed by atoms with Crippen molar-refractivity contribution in [2.75, 3.05) is 13.2 Å². The molecule has 0 amide bonds. The molecule has 158 valence electrons. The molecule has 26 heavy (non-hydrogen) atoms. The van der Waals surface area contributed by atoms with Gasteiger partial charge in [0.1, 0.15) is 24.4 Å². The maximum absolute atomic E-state index is 13.5. The van der Waals surface area contributed by atoms with E-state index in [1.54, 1.807) is 0 Å². The summed E-state index contributed by atoms with van der Waals surface area (Å²) in [6.45, 7) is -1.11. The normalized spacial score (nSPS) is 28.1. The van der Waals surface area contributed by atoms with Gasteiger partial charge >= 0.3 is 21.1 Å². The van der Waals surface area contributed by atoms with Crippen LogP contribution in [0.1, 0.15) is 12.8 Å². The van der Waals surface area contributed by atoms with Crippen molar-refractivity contribution in [3.63, 3.8) is 0 Å². The number of aliphatic hydroxyl groups excluding tert-OH is 4. The van der Waals surface area contributed by atoms with Crippen molar-refractivity contribution in [3.8, 4) is 0 Å². The minimum Gasteiger partial charge on any atom is -0.546 e. The van der Waals surface area contributed by atoms with Crippen molar-refractivity contribution in [3.05, 3.63) is 0 Å². The first-order valence-corrected chi connectivity index (χ1v) is 6.69. The summed E-state index contributed by atoms with van der Waals surface area (Å²) in [5.41, 5.74) is -3.68. The Morgan fingerprint density at radius 1 is 1.08 bits per heavy atom. The van der Waals surface area contributed by atoms with Crippen molar-refractivity contribution in [1.82, 2.24) is 12.3 Å². The molecule has 1 aliphatic rings. The zero-order chi connectivity index (χ0) is 17.8. The van der Waals surface area contributed by atoms with Crippen LogP contribution in [0.2, 0.25) is 0 Å². The Hall–Kier alpha value is -0.762. The molecule has 0 aromatic heterocycles. The summed E-state index contributed by atoms with van der Waals surface area (Å²) >= 11 is 0. The van der Waals surface area contributed by atoms with E-state index in [-0.39, 0.29) is 33.4 Å². The van der Waals surface area contributed by atoms with Crippen LogP contribution in [0.3, 0.4) is 0 Å². The fourth-order valence-electron chi connectivity index (χ4n) is 2.01. The number of ether oxygens (including phenoxy) is 2. The first kappa shape index (κ1) is 30.0. The van der Waals surface area contributed by atoms with Gasteiger partial charge in [0.15, 0.2) is 12.0 Å². The zero-order valence-corrected chi connectivity index (χ0v) is 15.8. The van der Waals surface area contributed by atoms with Crippen molar-refractivity contribution in [1.29, 1.82) is 0 Å². The fourth-order valence-corrected chi connectivity index (χ4v) is 2.01. The maximum Gasteiger partial charge on any atom is 2.00 e. The molecular formula is C12H23FN2O10Pt. The van der Waals surface area contributed by atoms with Crippen LogP contribution >= 0.6 is 0 Å². The van der Waals surface area contributed by atoms with E-state index < -0.39 is 74.4 Å². The van der Waals surface area contributed by atoms with E-state index in [2.05, 4.69) is 0 Å². The maximum atomic E-state index is 13.5. The Bertz CT molecular complexity index is 430. The molecule has 1 rings (SSSR count). The standard InChI is InChI=1S/C12H19FO10.2H3N.Pt/c13-12(10(18)19,11(20)21)2-1-3-22-9-8(17)7(16)6(15)5(4-14)23-9;;;/h5-9,14-17H,1-4H2,(H,18,19)(H,20,21);2*1H3;/q;;;+2/p-2/t5-,6+,7+,8-,9?;;;/m1.../s1. The van der Waals surface area contributed by atoms with E-state index >= 15 is 0 Å². The number of hydrogen-bond donors (Lipinski definition) is 6. The molecule has 0 aromatic rings. The number of alkyl halides is 1. The van der Waals surface area contributed by atoms with Crippen LogP contribution in [0.25, 0.3) is 0 Å². The van der Waals surface area contributed by atoms with E-state index in [1.165, 1.54) is 0 Å². The summed E-state index contributed by atoms with van der Waals surface area (Å²) < 4.78 is 23.5. The molecule has 0 aromatic carbocycles. The third-order valence-electron chi connectivity index (χ3n) is 3.44. The number of carbonyl (C=O) groups is 2. The third-order valence-corrected chi connectivity index (χ3v) is 3.44. The topological polar surface area (TPSA) is 250 Å². The predicted octanol–water partition coefficient (Wildman–Crippen LogP) is -4.89. The quantitative estimate of drug-likeness (QED) is 0.119. The van der Waals surface area contributed by atoms with E-state index in [1.807, 2.05) is 0 Å². The SMILES string of the molecule is N.N.O=C([O-])C(F)(CCCOC1O[C@H](CO)[C@H](O)[C@H](O)[C@H]1O)C(=O)[O-].[Pt+2]. The van der Waals surface area contributed by atoms with Crippen LogP contribution in [0.15, 0.2) is 0 Å². The number of carbonyl (C=O) groups excluding carboxylic acids is 2. The zero-order valence-electron chi connectivity index (χ0n) is 13.6. The molecule has 10 N–H and O–H groups in total. The Labute approximate surface area is 162 Å². The number of carboxylic acid groups (broad SMARTS) is 2. The molecule has 0 bridgehead atoms. The molecule has 0 aliphatic carbocycles. The molecule has 0 radical (unpaired) electrons. The van der Waals surface area contributed by atoms with Gasteiger partial charge in [0.25, 0.3) is 0 Å². The minimum atomic E-state index is -3.68. The monoisotopic (exact) mass is 569 g/mol. The summed E-state index contributed by atoms with van der Waals surface area (Å²) in [6.07, 6.45) is -9.02. The third kappa shape index (κ3) is 6.76. The first-order valence-electron chi connectivity index (χ1n) is 6.69. The van der Waals surface area contributed by atoms with Crippen LogP contribution in [0.5, 0.6) is 0 Å². The number of halogens is 1. The Kier molecular flexibility index (Phi) is 14.5. The van der Waals surface area contributed by atoms with Gasteiger partial charge in [-0.05, 0) is 12.8 Å². The molecule has 1 fully saturated rings. The van der Waals surface area contributed by atoms with Crippen LogP contribution in [-0.4, -0.2) is 82.0 Å². The van der Waals surface area contributed by atoms with Gasteiger partial charge in [-0.3, -0.25) is 0 Å². The van der Waals surface area contributed by atoms with Gasteiger partial charge in [-0.1, -0.05) is 0 Å². The van der Waals surface area contributed by atoms with Crippen LogP contribution in [-0.2, 0) is 40.1 Å². The first-order chi connectivity index (χ1) is 10.6. The average molecular weight is 569 g/mol. The molecule has 14 heteroatoms. The average Bonchev–Trinajstić information content (AvgIpc) is 2.50. The number of aliphatic hydroxyl groups is 4. The van der Waals surface area contributed by atoms with E-state index in [0.29, 0.717) is 0 Å². The molecule has 1 saturated heterocycles. The second-order valence-corrected chi connectivity index (χ2v) is 5.05. The van der Waals surface area contributed by atoms with Gasteiger partial charge in [0.2, 0.25) is 0 Å². The summed E-state index contributed by atoms with van der Waals surface area (Å²) in [5, 5.41) is 58.6. The van der Waals surface area contributed by atoms with Crippen molar-refractivity contribution < 1.29 is 75.2 Å². The molecule has 1 heterocycles. The van der Waals surface area contributed by atoms with Crippen LogP contribution < -0.4 is 22.5 Å². The van der Waals surface area contributed by atoms with Gasteiger partial charge < -0.3 is 62.0 Å². The number of carboxylic acids is 2. The van der Waals surface area contributed by atoms with Crippen LogP contribution in [0, 0.1) is 0 Å². The van der Waals surface area contributed by atoms with Gasteiger partial charge in [-0.25, -0.2) is 4.39 Å². The minimum absolute atomic E-state index is 0. The van der Waals surface area contributed by atoms with E-state index in [4.69, 9.17) is 14.6 Å². The van der Waals surface area contributed by atoms with Gasteiger partial charge in [-0.15, -0.1) is 0 Å². The Balaban J connectivity index is -0.00000176. The predicted molar refractivity (Wildman–Crippen MR) is 72.9 cm³/mol. The smallest absolute Gasteiger partial charge is 0.546 e. The van der Waals surface area contributed by atoms with Crippen molar-refractivity contribution >= 4 is 11.9 Å². The Morgan fingerprint density at radius 2 is 1.58 bits per heavy atom. The van der Waals surface area contributed by atoms with E-state index in [9.17, 15) is 39.5 Å². The second kappa shape index (κ2) is 12.6. The van der Waals surface area contributed by atoms with E-state index in [0.717, 1.165) is 0 Å². The molecular weight excluding hydrogens is 546 g/mol. The number of hydrogen-bond acceptors (Lipinski definition) is 12. The summed E-state index contributed by atoms with van der Waals surface area (Å²) in [4.78, 5) is 20.9. The fraction of sp³-hybridized carbons (Fsp3) is 0.833. The van der Waals surface area contributed by atoms with Gasteiger partial charge in [0.05, 0.1) is 25.2 Å². The second-order valence-electron chi connectivity index (χ2n) is 5.05. The molecule has 12 nitrogen and oxygen atoms in total. The summed E-state index contributed by atoms with van der Waals surface area (Å²) in [5.74, 6) is -4.91. The largest absolute Gasteiger partial charge is 2.00 e. The molecule has 1 unspecified atom stereocenters. The molecule has 1 aliphatic heterocycles. The molecule has 0 spiro atoms. The van der Waals surface area contributed by atoms with Gasteiger partial charge in [-0.2, -0.15) is 0 Å². The summed E-state index contributed by atoms with van der Waals surface area (Å²) in [6, 6.07) is 0.